The number of hydrogen-bond donors (Lipinski definition) is 12. The molecule has 0 spiro atoms. The number of allylic oxidation sites excluding steroid dienone is 21. The summed E-state index contributed by atoms with van der Waals surface area (Å²) in [4.78, 5) is 13.3. The Labute approximate surface area is 530 Å². The van der Waals surface area contributed by atoms with Crippen molar-refractivity contribution in [3.05, 3.63) is 134 Å². The van der Waals surface area contributed by atoms with Crippen LogP contribution in [0.15, 0.2) is 134 Å². The molecule has 17 unspecified atom stereocenters. The molecule has 0 bridgehead atoms. The van der Waals surface area contributed by atoms with Gasteiger partial charge in [0.1, 0.15) is 73.2 Å². The Balaban J connectivity index is 1.40. The van der Waals surface area contributed by atoms with Crippen LogP contribution in [-0.2, 0) is 33.2 Å². The molecule has 0 saturated carbocycles. The van der Waals surface area contributed by atoms with Crippen LogP contribution < -0.4 is 5.32 Å². The predicted octanol–water partition coefficient (Wildman–Crippen LogP) is 7.82. The van der Waals surface area contributed by atoms with Gasteiger partial charge in [0.2, 0.25) is 5.91 Å². The first-order valence-corrected chi connectivity index (χ1v) is 32.9. The zero-order valence-electron chi connectivity index (χ0n) is 53.1. The maximum Gasteiger partial charge on any atom is 0.220 e. The van der Waals surface area contributed by atoms with E-state index in [1.54, 1.807) is 6.08 Å². The summed E-state index contributed by atoms with van der Waals surface area (Å²) in [6.45, 7) is 1.51. The van der Waals surface area contributed by atoms with E-state index in [1.165, 1.54) is 25.7 Å². The second-order valence-corrected chi connectivity index (χ2v) is 22.8. The van der Waals surface area contributed by atoms with Crippen LogP contribution in [0.25, 0.3) is 0 Å². The normalized spacial score (nSPS) is 29.1. The molecule has 17 atom stereocenters. The van der Waals surface area contributed by atoms with Crippen molar-refractivity contribution in [3.8, 4) is 0 Å². The van der Waals surface area contributed by atoms with Gasteiger partial charge >= 0.3 is 0 Å². The van der Waals surface area contributed by atoms with Crippen LogP contribution in [0.4, 0.5) is 0 Å². The summed E-state index contributed by atoms with van der Waals surface area (Å²) in [6, 6.07) is -1.01. The first-order valence-electron chi connectivity index (χ1n) is 32.9. The maximum absolute atomic E-state index is 13.3. The Morgan fingerprint density at radius 1 is 0.416 bits per heavy atom. The molecule has 0 radical (unpaired) electrons. The van der Waals surface area contributed by atoms with Crippen molar-refractivity contribution in [2.45, 2.75) is 272 Å². The Kier molecular flexibility index (Phi) is 44.9. The second kappa shape index (κ2) is 50.5. The first-order chi connectivity index (χ1) is 43.3. The lowest BCUT2D eigenvalue weighted by atomic mass is 9.96. The number of aliphatic hydroxyl groups excluding tert-OH is 11. The van der Waals surface area contributed by atoms with Crippen molar-refractivity contribution in [3.63, 3.8) is 0 Å². The Hall–Kier alpha value is -4.07. The minimum atomic E-state index is -1.99. The lowest BCUT2D eigenvalue weighted by molar-refractivity contribution is -0.379. The molecule has 12 N–H and O–H groups in total. The summed E-state index contributed by atoms with van der Waals surface area (Å²) < 4.78 is 34.2. The fourth-order valence-corrected chi connectivity index (χ4v) is 10.1. The highest BCUT2D eigenvalue weighted by Gasteiger charge is 2.53. The van der Waals surface area contributed by atoms with E-state index in [0.717, 1.165) is 109 Å². The number of rotatable bonds is 47. The summed E-state index contributed by atoms with van der Waals surface area (Å²) in [5.74, 6) is -0.314. The summed E-state index contributed by atoms with van der Waals surface area (Å²) in [5.41, 5.74) is 0. The molecule has 1 amide bonds. The van der Waals surface area contributed by atoms with Gasteiger partial charge in [0, 0.05) is 6.42 Å². The van der Waals surface area contributed by atoms with Gasteiger partial charge in [-0.15, -0.1) is 0 Å². The van der Waals surface area contributed by atoms with Crippen LogP contribution in [0.2, 0.25) is 0 Å². The molecule has 0 aromatic rings. The smallest absolute Gasteiger partial charge is 0.220 e. The molecular weight excluding hydrogens is 1140 g/mol. The highest BCUT2D eigenvalue weighted by molar-refractivity contribution is 5.76. The van der Waals surface area contributed by atoms with E-state index in [4.69, 9.17) is 28.4 Å². The summed E-state index contributed by atoms with van der Waals surface area (Å²) in [7, 11) is 0. The van der Waals surface area contributed by atoms with Crippen LogP contribution in [0.5, 0.6) is 0 Å². The minimum absolute atomic E-state index is 0.203. The van der Waals surface area contributed by atoms with Crippen molar-refractivity contribution < 1.29 is 89.4 Å². The number of unbranched alkanes of at least 4 members (excludes halogenated alkanes) is 11. The highest BCUT2D eigenvalue weighted by Crippen LogP contribution is 2.33. The van der Waals surface area contributed by atoms with Crippen molar-refractivity contribution in [2.75, 3.05) is 26.4 Å². The van der Waals surface area contributed by atoms with E-state index >= 15 is 0 Å². The number of aliphatic hydroxyl groups is 11. The van der Waals surface area contributed by atoms with Gasteiger partial charge in [-0.2, -0.15) is 0 Å². The molecular formula is C70H113NO18. The first kappa shape index (κ1) is 79.2. The molecule has 506 valence electrons. The standard InChI is InChI=1S/C70H113NO18/c1-3-5-7-9-11-13-15-16-17-18-19-20-21-22-23-24-25-26-27-28-29-30-31-32-33-34-35-36-38-40-42-44-46-48-58(76)71-53(54(75)47-45-43-41-39-37-14-12-10-8-6-4-2)52-84-68-64(82)61(79)66(56(50-73)86-68)89-70-65(83)62(80)67(57(51-74)87-70)88-69-63(81)60(78)59(77)55(49-72)85-69/h5,7,11,13,16-17,19-20,22-23,25-26,28-29,31-32,34-35,37,39,45,47,53-57,59-70,72-75,77-83H,3-4,6,8-10,12,14-15,18,21,24,27,30,33,36,38,40-44,46,48-52H2,1-2H3,(H,71,76)/b7-5-,13-11-,17-16-,20-19-,23-22-,26-25-,29-28-,32-31-,35-34-,39-37+,47-45+. The van der Waals surface area contributed by atoms with E-state index in [-0.39, 0.29) is 18.9 Å². The van der Waals surface area contributed by atoms with Gasteiger partial charge in [-0.1, -0.05) is 192 Å². The average molecular weight is 1260 g/mol. The van der Waals surface area contributed by atoms with Crippen LogP contribution in [0.3, 0.4) is 0 Å². The largest absolute Gasteiger partial charge is 0.394 e. The predicted molar refractivity (Wildman–Crippen MR) is 346 cm³/mol. The molecule has 19 nitrogen and oxygen atoms in total. The fourth-order valence-electron chi connectivity index (χ4n) is 10.1. The van der Waals surface area contributed by atoms with Gasteiger partial charge in [-0.3, -0.25) is 4.79 Å². The summed E-state index contributed by atoms with van der Waals surface area (Å²) >= 11 is 0. The third-order valence-corrected chi connectivity index (χ3v) is 15.4. The van der Waals surface area contributed by atoms with Crippen molar-refractivity contribution >= 4 is 5.91 Å². The van der Waals surface area contributed by atoms with Crippen molar-refractivity contribution in [1.82, 2.24) is 5.32 Å². The van der Waals surface area contributed by atoms with Gasteiger partial charge in [0.25, 0.3) is 0 Å². The van der Waals surface area contributed by atoms with E-state index in [0.29, 0.717) is 12.8 Å². The zero-order chi connectivity index (χ0) is 64.7. The average Bonchev–Trinajstić information content (AvgIpc) is 1.33. The molecule has 3 heterocycles. The van der Waals surface area contributed by atoms with E-state index in [1.807, 2.05) is 6.08 Å². The lowest BCUT2D eigenvalue weighted by Crippen LogP contribution is -2.66. The van der Waals surface area contributed by atoms with Crippen LogP contribution >= 0.6 is 0 Å². The third kappa shape index (κ3) is 32.9. The van der Waals surface area contributed by atoms with Crippen molar-refractivity contribution in [2.24, 2.45) is 0 Å². The highest BCUT2D eigenvalue weighted by atomic mass is 16.8. The van der Waals surface area contributed by atoms with Crippen LogP contribution in [0, 0.1) is 0 Å². The Morgan fingerprint density at radius 2 is 0.787 bits per heavy atom. The number of amides is 1. The maximum atomic E-state index is 13.3. The van der Waals surface area contributed by atoms with Gasteiger partial charge in [0.15, 0.2) is 18.9 Å². The van der Waals surface area contributed by atoms with Crippen LogP contribution in [-0.4, -0.2) is 193 Å². The third-order valence-electron chi connectivity index (χ3n) is 15.4. The molecule has 3 fully saturated rings. The molecule has 3 aliphatic heterocycles. The summed E-state index contributed by atoms with van der Waals surface area (Å²) in [5, 5.41) is 120. The zero-order valence-corrected chi connectivity index (χ0v) is 53.1. The molecule has 0 aliphatic carbocycles. The van der Waals surface area contributed by atoms with Gasteiger partial charge in [-0.25, -0.2) is 0 Å². The molecule has 0 aromatic carbocycles. The van der Waals surface area contributed by atoms with Crippen LogP contribution in [0.1, 0.15) is 168 Å². The Morgan fingerprint density at radius 3 is 1.26 bits per heavy atom. The number of ether oxygens (including phenoxy) is 6. The Bertz CT molecular complexity index is 2130. The second-order valence-electron chi connectivity index (χ2n) is 22.8. The van der Waals surface area contributed by atoms with E-state index < -0.39 is 124 Å². The number of carbonyl (C=O) groups is 1. The molecule has 0 aromatic heterocycles. The van der Waals surface area contributed by atoms with Gasteiger partial charge in [-0.05, 0) is 103 Å². The summed E-state index contributed by atoms with van der Waals surface area (Å²) in [6.07, 6.45) is 43.0. The fraction of sp³-hybridized carbons (Fsp3) is 0.671. The number of hydrogen-bond acceptors (Lipinski definition) is 18. The monoisotopic (exact) mass is 1260 g/mol. The lowest BCUT2D eigenvalue weighted by Gasteiger charge is -2.48. The topological polar surface area (TPSA) is 307 Å². The van der Waals surface area contributed by atoms with E-state index in [9.17, 15) is 61.0 Å². The molecule has 3 saturated heterocycles. The molecule has 19 heteroatoms. The van der Waals surface area contributed by atoms with Gasteiger partial charge in [0.05, 0.1) is 38.6 Å². The van der Waals surface area contributed by atoms with Crippen molar-refractivity contribution in [1.29, 1.82) is 0 Å². The van der Waals surface area contributed by atoms with Gasteiger partial charge < -0.3 is 89.9 Å². The minimum Gasteiger partial charge on any atom is -0.394 e. The number of nitrogens with one attached hydrogen (secondary N) is 1. The molecule has 3 rings (SSSR count). The molecule has 89 heavy (non-hydrogen) atoms. The molecule has 3 aliphatic rings. The van der Waals surface area contributed by atoms with E-state index in [2.05, 4.69) is 141 Å². The quantitative estimate of drug-likeness (QED) is 0.0204. The number of carbonyl (C=O) groups excluding carboxylic acids is 1. The SMILES string of the molecule is CC/C=C\C/C=C\C/C=C\C/C=C\C/C=C\C/C=C\C/C=C\C/C=C\C/C=C\CCCCCCCC(=O)NC(COC1OC(CO)C(OC2OC(CO)C(OC3OC(CO)C(O)C(O)C3O)C(O)C2O)C(O)C1O)C(O)/C=C/CC/C=C/CCCCCCC.